The summed E-state index contributed by atoms with van der Waals surface area (Å²) in [5.74, 6) is -0.113. The summed E-state index contributed by atoms with van der Waals surface area (Å²) in [5.41, 5.74) is 7.07. The SMILES string of the molecule is CCCC(C)(N)C(=O)NCc1ccn2ccnc2c1.Cl. The van der Waals surface area contributed by atoms with E-state index in [1.807, 2.05) is 35.9 Å². The number of hydrogen-bond acceptors (Lipinski definition) is 3. The van der Waals surface area contributed by atoms with E-state index in [1.54, 1.807) is 13.1 Å². The van der Waals surface area contributed by atoms with Crippen molar-refractivity contribution < 1.29 is 4.79 Å². The third-order valence-corrected chi connectivity index (χ3v) is 3.20. The number of fused-ring (bicyclic) bond motifs is 1. The molecule has 0 aliphatic rings. The van der Waals surface area contributed by atoms with Crippen molar-refractivity contribution in [2.24, 2.45) is 5.73 Å². The summed E-state index contributed by atoms with van der Waals surface area (Å²) >= 11 is 0. The highest BCUT2D eigenvalue weighted by molar-refractivity contribution is 5.85. The number of aromatic nitrogens is 2. The average molecular weight is 297 g/mol. The van der Waals surface area contributed by atoms with Gasteiger partial charge in [-0.15, -0.1) is 12.4 Å². The first-order chi connectivity index (χ1) is 9.03. The Morgan fingerprint density at radius 2 is 2.25 bits per heavy atom. The molecule has 0 aliphatic heterocycles. The first-order valence-electron chi connectivity index (χ1n) is 6.52. The van der Waals surface area contributed by atoms with Crippen molar-refractivity contribution in [3.05, 3.63) is 36.3 Å². The molecule has 0 aliphatic carbocycles. The third-order valence-electron chi connectivity index (χ3n) is 3.20. The number of imidazole rings is 1. The van der Waals surface area contributed by atoms with Crippen LogP contribution < -0.4 is 11.1 Å². The fourth-order valence-electron chi connectivity index (χ4n) is 2.08. The van der Waals surface area contributed by atoms with Gasteiger partial charge in [-0.1, -0.05) is 13.3 Å². The quantitative estimate of drug-likeness (QED) is 0.885. The fourth-order valence-corrected chi connectivity index (χ4v) is 2.08. The van der Waals surface area contributed by atoms with Gasteiger partial charge in [0, 0.05) is 25.1 Å². The zero-order valence-corrected chi connectivity index (χ0v) is 12.6. The molecule has 3 N–H and O–H groups in total. The maximum absolute atomic E-state index is 12.0. The van der Waals surface area contributed by atoms with Gasteiger partial charge in [0.05, 0.1) is 5.54 Å². The number of halogens is 1. The number of nitrogens with two attached hydrogens (primary N) is 1. The normalized spacial score (nSPS) is 13.6. The predicted molar refractivity (Wildman–Crippen MR) is 81.8 cm³/mol. The summed E-state index contributed by atoms with van der Waals surface area (Å²) in [5, 5.41) is 2.88. The Kier molecular flexibility index (Phi) is 5.53. The molecule has 0 fully saturated rings. The van der Waals surface area contributed by atoms with Gasteiger partial charge in [0.1, 0.15) is 5.65 Å². The van der Waals surface area contributed by atoms with Gasteiger partial charge in [-0.2, -0.15) is 0 Å². The van der Waals surface area contributed by atoms with Gasteiger partial charge in [0.2, 0.25) is 5.91 Å². The second-order valence-electron chi connectivity index (χ2n) is 5.08. The van der Waals surface area contributed by atoms with E-state index in [-0.39, 0.29) is 18.3 Å². The molecule has 5 nitrogen and oxygen atoms in total. The highest BCUT2D eigenvalue weighted by Gasteiger charge is 2.26. The molecule has 6 heteroatoms. The highest BCUT2D eigenvalue weighted by atomic mass is 35.5. The highest BCUT2D eigenvalue weighted by Crippen LogP contribution is 2.10. The number of nitrogens with zero attached hydrogens (tertiary/aromatic N) is 2. The van der Waals surface area contributed by atoms with Gasteiger partial charge in [-0.05, 0) is 31.0 Å². The summed E-state index contributed by atoms with van der Waals surface area (Å²) in [7, 11) is 0. The third kappa shape index (κ3) is 3.71. The van der Waals surface area contributed by atoms with Crippen LogP contribution in [-0.2, 0) is 11.3 Å². The summed E-state index contributed by atoms with van der Waals surface area (Å²) in [4.78, 5) is 16.2. The monoisotopic (exact) mass is 296 g/mol. The van der Waals surface area contributed by atoms with Crippen molar-refractivity contribution in [1.82, 2.24) is 14.7 Å². The minimum absolute atomic E-state index is 0. The van der Waals surface area contributed by atoms with Crippen molar-refractivity contribution in [3.8, 4) is 0 Å². The molecule has 0 spiro atoms. The number of nitrogens with one attached hydrogen (secondary N) is 1. The topological polar surface area (TPSA) is 72.4 Å². The van der Waals surface area contributed by atoms with Gasteiger partial charge >= 0.3 is 0 Å². The number of carbonyl (C=O) groups excluding carboxylic acids is 1. The van der Waals surface area contributed by atoms with Gasteiger partial charge in [0.15, 0.2) is 0 Å². The molecule has 20 heavy (non-hydrogen) atoms. The van der Waals surface area contributed by atoms with E-state index in [9.17, 15) is 4.79 Å². The number of carbonyl (C=O) groups is 1. The van der Waals surface area contributed by atoms with Gasteiger partial charge < -0.3 is 15.5 Å². The average Bonchev–Trinajstić information content (AvgIpc) is 2.83. The Hall–Kier alpha value is -1.59. The van der Waals surface area contributed by atoms with Crippen LogP contribution in [0.15, 0.2) is 30.7 Å². The van der Waals surface area contributed by atoms with Crippen LogP contribution in [0.2, 0.25) is 0 Å². The fraction of sp³-hybridized carbons (Fsp3) is 0.429. The van der Waals surface area contributed by atoms with E-state index in [2.05, 4.69) is 10.3 Å². The molecule has 2 aromatic heterocycles. The van der Waals surface area contributed by atoms with Crippen LogP contribution in [0.5, 0.6) is 0 Å². The Balaban J connectivity index is 0.00000200. The van der Waals surface area contributed by atoms with Crippen LogP contribution in [0.1, 0.15) is 32.3 Å². The van der Waals surface area contributed by atoms with E-state index in [0.717, 1.165) is 17.6 Å². The molecule has 2 heterocycles. The van der Waals surface area contributed by atoms with Crippen molar-refractivity contribution in [3.63, 3.8) is 0 Å². The molecular formula is C14H21ClN4O. The van der Waals surface area contributed by atoms with E-state index < -0.39 is 5.54 Å². The van der Waals surface area contributed by atoms with E-state index in [1.165, 1.54) is 0 Å². The van der Waals surface area contributed by atoms with Crippen molar-refractivity contribution in [1.29, 1.82) is 0 Å². The molecule has 0 aromatic carbocycles. The molecule has 0 radical (unpaired) electrons. The molecule has 2 aromatic rings. The van der Waals surface area contributed by atoms with Gasteiger partial charge in [0.25, 0.3) is 0 Å². The number of pyridine rings is 1. The molecule has 1 amide bonds. The van der Waals surface area contributed by atoms with Crippen LogP contribution in [0.25, 0.3) is 5.65 Å². The minimum Gasteiger partial charge on any atom is -0.350 e. The zero-order valence-electron chi connectivity index (χ0n) is 11.8. The van der Waals surface area contributed by atoms with E-state index in [4.69, 9.17) is 5.73 Å². The largest absolute Gasteiger partial charge is 0.350 e. The van der Waals surface area contributed by atoms with Gasteiger partial charge in [-0.25, -0.2) is 4.98 Å². The summed E-state index contributed by atoms with van der Waals surface area (Å²) in [6.45, 7) is 4.26. The number of rotatable bonds is 5. The maximum Gasteiger partial charge on any atom is 0.240 e. The van der Waals surface area contributed by atoms with E-state index in [0.29, 0.717) is 13.0 Å². The van der Waals surface area contributed by atoms with Gasteiger partial charge in [-0.3, -0.25) is 4.79 Å². The lowest BCUT2D eigenvalue weighted by Crippen LogP contribution is -2.51. The van der Waals surface area contributed by atoms with Crippen LogP contribution in [0.3, 0.4) is 0 Å². The summed E-state index contributed by atoms with van der Waals surface area (Å²) < 4.78 is 1.93. The molecule has 1 unspecified atom stereocenters. The minimum atomic E-state index is -0.799. The van der Waals surface area contributed by atoms with Crippen molar-refractivity contribution in [2.45, 2.75) is 38.8 Å². The lowest BCUT2D eigenvalue weighted by atomic mass is 9.96. The predicted octanol–water partition coefficient (Wildman–Crippen LogP) is 1.89. The zero-order chi connectivity index (χ0) is 13.9. The maximum atomic E-state index is 12.0. The second kappa shape index (κ2) is 6.72. The van der Waals surface area contributed by atoms with Crippen LogP contribution >= 0.6 is 12.4 Å². The van der Waals surface area contributed by atoms with Crippen LogP contribution in [0.4, 0.5) is 0 Å². The Morgan fingerprint density at radius 1 is 1.50 bits per heavy atom. The smallest absolute Gasteiger partial charge is 0.240 e. The lowest BCUT2D eigenvalue weighted by Gasteiger charge is -2.22. The molecule has 0 saturated carbocycles. The molecule has 1 atom stereocenters. The summed E-state index contributed by atoms with van der Waals surface area (Å²) in [6.07, 6.45) is 7.13. The molecule has 110 valence electrons. The standard InChI is InChI=1S/C14H20N4O.ClH/c1-3-5-14(2,15)13(19)17-10-11-4-7-18-8-6-16-12(18)9-11;/h4,6-9H,3,5,10,15H2,1-2H3,(H,17,19);1H. The Labute approximate surface area is 125 Å². The Morgan fingerprint density at radius 3 is 2.95 bits per heavy atom. The van der Waals surface area contributed by atoms with Crippen molar-refractivity contribution >= 4 is 24.0 Å². The second-order valence-corrected chi connectivity index (χ2v) is 5.08. The van der Waals surface area contributed by atoms with E-state index >= 15 is 0 Å². The summed E-state index contributed by atoms with van der Waals surface area (Å²) in [6, 6.07) is 3.91. The number of hydrogen-bond donors (Lipinski definition) is 2. The Bertz CT molecular complexity index is 579. The number of amides is 1. The first kappa shape index (κ1) is 16.5. The molecular weight excluding hydrogens is 276 g/mol. The molecule has 2 rings (SSSR count). The van der Waals surface area contributed by atoms with Crippen molar-refractivity contribution in [2.75, 3.05) is 0 Å². The first-order valence-corrected chi connectivity index (χ1v) is 6.52. The lowest BCUT2D eigenvalue weighted by molar-refractivity contribution is -0.126. The van der Waals surface area contributed by atoms with Crippen LogP contribution in [0, 0.1) is 0 Å². The molecule has 0 bridgehead atoms. The molecule has 0 saturated heterocycles. The van der Waals surface area contributed by atoms with Crippen LogP contribution in [-0.4, -0.2) is 20.8 Å².